The zero-order valence-electron chi connectivity index (χ0n) is 11.7. The third-order valence-corrected chi connectivity index (χ3v) is 4.57. The zero-order chi connectivity index (χ0) is 12.3. The van der Waals surface area contributed by atoms with Crippen LogP contribution in [-0.2, 0) is 4.74 Å². The van der Waals surface area contributed by atoms with Crippen LogP contribution in [-0.4, -0.2) is 49.8 Å². The number of nitrogens with one attached hydrogen (secondary N) is 1. The minimum absolute atomic E-state index is 0.309. The van der Waals surface area contributed by atoms with Crippen molar-refractivity contribution in [3.63, 3.8) is 0 Å². The molecule has 100 valence electrons. The largest absolute Gasteiger partial charge is 0.381 e. The average molecular weight is 240 g/mol. The van der Waals surface area contributed by atoms with Crippen LogP contribution in [0.25, 0.3) is 0 Å². The molecule has 0 spiro atoms. The molecule has 2 rings (SSSR count). The number of likely N-dealkylation sites (tertiary alicyclic amines) is 1. The molecule has 1 unspecified atom stereocenters. The molecule has 2 aliphatic heterocycles. The van der Waals surface area contributed by atoms with Crippen molar-refractivity contribution in [2.75, 3.05) is 33.3 Å². The van der Waals surface area contributed by atoms with Gasteiger partial charge in [0, 0.05) is 25.7 Å². The van der Waals surface area contributed by atoms with Crippen LogP contribution in [0.5, 0.6) is 0 Å². The minimum Gasteiger partial charge on any atom is -0.381 e. The molecule has 0 radical (unpaired) electrons. The fourth-order valence-electron chi connectivity index (χ4n) is 3.31. The Balaban J connectivity index is 1.87. The molecular weight excluding hydrogens is 212 g/mol. The van der Waals surface area contributed by atoms with Gasteiger partial charge in [-0.2, -0.15) is 0 Å². The van der Waals surface area contributed by atoms with Gasteiger partial charge in [0.1, 0.15) is 0 Å². The van der Waals surface area contributed by atoms with E-state index in [4.69, 9.17) is 4.74 Å². The van der Waals surface area contributed by atoms with Gasteiger partial charge < -0.3 is 10.1 Å². The second-order valence-electron chi connectivity index (χ2n) is 6.30. The molecule has 1 N–H and O–H groups in total. The van der Waals surface area contributed by atoms with Crippen molar-refractivity contribution in [2.24, 2.45) is 5.92 Å². The first-order valence-electron chi connectivity index (χ1n) is 7.10. The lowest BCUT2D eigenvalue weighted by atomic mass is 9.86. The molecule has 1 atom stereocenters. The lowest BCUT2D eigenvalue weighted by Crippen LogP contribution is -2.53. The standard InChI is InChI=1S/C14H28N2O/c1-14(2)10-13(17-3)6-9-16(14)11-12-4-7-15-8-5-12/h12-13,15H,4-11H2,1-3H3. The molecule has 0 aromatic carbocycles. The highest BCUT2D eigenvalue weighted by Gasteiger charge is 2.35. The van der Waals surface area contributed by atoms with Gasteiger partial charge in [0.15, 0.2) is 0 Å². The van der Waals surface area contributed by atoms with E-state index in [1.54, 1.807) is 0 Å². The summed E-state index contributed by atoms with van der Waals surface area (Å²) in [5, 5.41) is 3.45. The van der Waals surface area contributed by atoms with Crippen LogP contribution < -0.4 is 5.32 Å². The van der Waals surface area contributed by atoms with Gasteiger partial charge in [-0.05, 0) is 58.5 Å². The van der Waals surface area contributed by atoms with Crippen LogP contribution in [0.4, 0.5) is 0 Å². The molecule has 3 nitrogen and oxygen atoms in total. The summed E-state index contributed by atoms with van der Waals surface area (Å²) in [6.07, 6.45) is 5.54. The van der Waals surface area contributed by atoms with E-state index in [1.807, 2.05) is 7.11 Å². The van der Waals surface area contributed by atoms with Crippen LogP contribution in [0, 0.1) is 5.92 Å². The van der Waals surface area contributed by atoms with Gasteiger partial charge in [-0.3, -0.25) is 4.90 Å². The molecule has 0 aliphatic carbocycles. The second kappa shape index (κ2) is 5.68. The summed E-state index contributed by atoms with van der Waals surface area (Å²) < 4.78 is 5.53. The van der Waals surface area contributed by atoms with E-state index in [0.29, 0.717) is 11.6 Å². The predicted molar refractivity (Wildman–Crippen MR) is 71.3 cm³/mol. The van der Waals surface area contributed by atoms with Gasteiger partial charge in [-0.25, -0.2) is 0 Å². The Morgan fingerprint density at radius 2 is 1.94 bits per heavy atom. The van der Waals surface area contributed by atoms with Gasteiger partial charge in [-0.15, -0.1) is 0 Å². The maximum Gasteiger partial charge on any atom is 0.0601 e. The van der Waals surface area contributed by atoms with Crippen molar-refractivity contribution in [1.29, 1.82) is 0 Å². The first-order chi connectivity index (χ1) is 8.12. The van der Waals surface area contributed by atoms with Gasteiger partial charge in [-0.1, -0.05) is 0 Å². The van der Waals surface area contributed by atoms with E-state index in [9.17, 15) is 0 Å². The minimum atomic E-state index is 0.309. The maximum absolute atomic E-state index is 5.53. The van der Waals surface area contributed by atoms with Crippen LogP contribution in [0.3, 0.4) is 0 Å². The van der Waals surface area contributed by atoms with E-state index in [1.165, 1.54) is 51.9 Å². The molecule has 2 aliphatic rings. The Bertz CT molecular complexity index is 236. The Labute approximate surface area is 106 Å². The van der Waals surface area contributed by atoms with Crippen LogP contribution >= 0.6 is 0 Å². The molecule has 3 heteroatoms. The normalized spacial score (nSPS) is 31.6. The zero-order valence-corrected chi connectivity index (χ0v) is 11.7. The smallest absolute Gasteiger partial charge is 0.0601 e. The predicted octanol–water partition coefficient (Wildman–Crippen LogP) is 1.88. The highest BCUT2D eigenvalue weighted by Crippen LogP contribution is 2.30. The molecule has 0 amide bonds. The Morgan fingerprint density at radius 1 is 1.24 bits per heavy atom. The topological polar surface area (TPSA) is 24.5 Å². The van der Waals surface area contributed by atoms with Gasteiger partial charge in [0.05, 0.1) is 6.10 Å². The third-order valence-electron chi connectivity index (χ3n) is 4.57. The highest BCUT2D eigenvalue weighted by atomic mass is 16.5. The molecular formula is C14H28N2O. The van der Waals surface area contributed by atoms with Gasteiger partial charge >= 0.3 is 0 Å². The third kappa shape index (κ3) is 3.43. The molecule has 0 saturated carbocycles. The number of piperidine rings is 2. The van der Waals surface area contributed by atoms with Crippen molar-refractivity contribution < 1.29 is 4.74 Å². The summed E-state index contributed by atoms with van der Waals surface area (Å²) in [4.78, 5) is 2.69. The fourth-order valence-corrected chi connectivity index (χ4v) is 3.31. The lowest BCUT2D eigenvalue weighted by Gasteiger charge is -2.47. The number of hydrogen-bond acceptors (Lipinski definition) is 3. The molecule has 2 saturated heterocycles. The fraction of sp³-hybridized carbons (Fsp3) is 1.00. The average Bonchev–Trinajstić information content (AvgIpc) is 2.33. The van der Waals surface area contributed by atoms with Crippen LogP contribution in [0.2, 0.25) is 0 Å². The van der Waals surface area contributed by atoms with Crippen molar-refractivity contribution in [2.45, 2.75) is 51.2 Å². The van der Waals surface area contributed by atoms with Crippen LogP contribution in [0.1, 0.15) is 39.5 Å². The van der Waals surface area contributed by atoms with Crippen molar-refractivity contribution in [3.05, 3.63) is 0 Å². The van der Waals surface area contributed by atoms with E-state index >= 15 is 0 Å². The first-order valence-corrected chi connectivity index (χ1v) is 7.10. The summed E-state index contributed by atoms with van der Waals surface area (Å²) in [5.41, 5.74) is 0.309. The number of hydrogen-bond donors (Lipinski definition) is 1. The number of rotatable bonds is 3. The quantitative estimate of drug-likeness (QED) is 0.815. The highest BCUT2D eigenvalue weighted by molar-refractivity contribution is 4.91. The lowest BCUT2D eigenvalue weighted by molar-refractivity contribution is -0.0318. The van der Waals surface area contributed by atoms with E-state index in [-0.39, 0.29) is 0 Å². The van der Waals surface area contributed by atoms with E-state index < -0.39 is 0 Å². The summed E-state index contributed by atoms with van der Waals surface area (Å²) in [6, 6.07) is 0. The monoisotopic (exact) mass is 240 g/mol. The summed E-state index contributed by atoms with van der Waals surface area (Å²) in [7, 11) is 1.85. The van der Waals surface area contributed by atoms with E-state index in [2.05, 4.69) is 24.1 Å². The molecule has 0 bridgehead atoms. The van der Waals surface area contributed by atoms with Crippen molar-refractivity contribution >= 4 is 0 Å². The SMILES string of the molecule is COC1CCN(CC2CCNCC2)C(C)(C)C1. The molecule has 0 aromatic rings. The molecule has 2 heterocycles. The Morgan fingerprint density at radius 3 is 2.53 bits per heavy atom. The summed E-state index contributed by atoms with van der Waals surface area (Å²) in [5.74, 6) is 0.898. The summed E-state index contributed by atoms with van der Waals surface area (Å²) >= 11 is 0. The Hall–Kier alpha value is -0.120. The maximum atomic E-state index is 5.53. The summed E-state index contributed by atoms with van der Waals surface area (Å²) in [6.45, 7) is 9.65. The Kier molecular flexibility index (Phi) is 4.45. The number of methoxy groups -OCH3 is 1. The number of ether oxygens (including phenoxy) is 1. The number of nitrogens with zero attached hydrogens (tertiary/aromatic N) is 1. The molecule has 17 heavy (non-hydrogen) atoms. The van der Waals surface area contributed by atoms with Gasteiger partial charge in [0.25, 0.3) is 0 Å². The van der Waals surface area contributed by atoms with Crippen molar-refractivity contribution in [1.82, 2.24) is 10.2 Å². The first kappa shape index (κ1) is 13.3. The molecule has 0 aromatic heterocycles. The molecule has 2 fully saturated rings. The second-order valence-corrected chi connectivity index (χ2v) is 6.30. The van der Waals surface area contributed by atoms with E-state index in [0.717, 1.165) is 5.92 Å². The van der Waals surface area contributed by atoms with Crippen LogP contribution in [0.15, 0.2) is 0 Å². The van der Waals surface area contributed by atoms with Crippen molar-refractivity contribution in [3.8, 4) is 0 Å². The van der Waals surface area contributed by atoms with Gasteiger partial charge in [0.2, 0.25) is 0 Å².